The van der Waals surface area contributed by atoms with Crippen LogP contribution in [0.25, 0.3) is 5.69 Å². The first-order chi connectivity index (χ1) is 12.9. The lowest BCUT2D eigenvalue weighted by atomic mass is 9.99. The molecule has 0 bridgehead atoms. The molecule has 0 unspecified atom stereocenters. The molecule has 2 heterocycles. The third kappa shape index (κ3) is 3.64. The Morgan fingerprint density at radius 3 is 2.70 bits per heavy atom. The van der Waals surface area contributed by atoms with Gasteiger partial charge in [0, 0.05) is 18.7 Å². The summed E-state index contributed by atoms with van der Waals surface area (Å²) >= 11 is 0. The number of nitrogens with one attached hydrogen (secondary N) is 1. The van der Waals surface area contributed by atoms with Gasteiger partial charge < -0.3 is 5.32 Å². The molecule has 144 valence electrons. The summed E-state index contributed by atoms with van der Waals surface area (Å²) < 4.78 is 26.9. The highest BCUT2D eigenvalue weighted by molar-refractivity contribution is 7.88. The van der Waals surface area contributed by atoms with Gasteiger partial charge in [-0.1, -0.05) is 18.2 Å². The summed E-state index contributed by atoms with van der Waals surface area (Å²) in [7, 11) is -3.28. The van der Waals surface area contributed by atoms with Crippen molar-refractivity contribution in [3.8, 4) is 5.69 Å². The Labute approximate surface area is 159 Å². The van der Waals surface area contributed by atoms with E-state index in [0.29, 0.717) is 19.4 Å². The number of fused-ring (bicyclic) bond motifs is 1. The fourth-order valence-corrected chi connectivity index (χ4v) is 4.86. The van der Waals surface area contributed by atoms with Gasteiger partial charge in [0.25, 0.3) is 0 Å². The molecular weight excluding hydrogens is 364 g/mol. The van der Waals surface area contributed by atoms with E-state index < -0.39 is 10.0 Å². The molecule has 1 aromatic carbocycles. The predicted molar refractivity (Wildman–Crippen MR) is 103 cm³/mol. The lowest BCUT2D eigenvalue weighted by molar-refractivity contribution is -0.120. The van der Waals surface area contributed by atoms with Gasteiger partial charge in [0.1, 0.15) is 5.82 Å². The number of aryl methyl sites for hydroxylation is 1. The Balaban J connectivity index is 1.60. The Bertz CT molecular complexity index is 953. The number of hydrogen-bond donors (Lipinski definition) is 1. The molecule has 27 heavy (non-hydrogen) atoms. The minimum Gasteiger partial charge on any atom is -0.310 e. The van der Waals surface area contributed by atoms with Gasteiger partial charge >= 0.3 is 0 Å². The van der Waals surface area contributed by atoms with Crippen LogP contribution in [-0.4, -0.2) is 47.8 Å². The highest BCUT2D eigenvalue weighted by Gasteiger charge is 2.32. The predicted octanol–water partition coefficient (Wildman–Crippen LogP) is 1.97. The molecule has 1 N–H and O–H groups in total. The SMILES string of the molecule is CS(=O)(=O)N1CCC[C@H](C(=O)Nc2c3c(nn2-c2ccccc2)CCC3)C1. The molecule has 1 aromatic heterocycles. The van der Waals surface area contributed by atoms with E-state index >= 15 is 0 Å². The van der Waals surface area contributed by atoms with Crippen LogP contribution in [0.4, 0.5) is 5.82 Å². The van der Waals surface area contributed by atoms with E-state index in [-0.39, 0.29) is 18.4 Å². The summed E-state index contributed by atoms with van der Waals surface area (Å²) in [5.41, 5.74) is 3.04. The van der Waals surface area contributed by atoms with Crippen molar-refractivity contribution in [2.45, 2.75) is 32.1 Å². The number of sulfonamides is 1. The van der Waals surface area contributed by atoms with Crippen molar-refractivity contribution in [2.24, 2.45) is 5.92 Å². The first kappa shape index (κ1) is 18.2. The molecule has 1 fully saturated rings. The number of piperidine rings is 1. The molecular formula is C19H24N4O3S. The van der Waals surface area contributed by atoms with Crippen molar-refractivity contribution in [1.29, 1.82) is 0 Å². The van der Waals surface area contributed by atoms with E-state index in [0.717, 1.165) is 42.0 Å². The molecule has 1 aliphatic carbocycles. The summed E-state index contributed by atoms with van der Waals surface area (Å²) in [5.74, 6) is 0.259. The van der Waals surface area contributed by atoms with Crippen molar-refractivity contribution in [1.82, 2.24) is 14.1 Å². The molecule has 2 aromatic rings. The number of anilines is 1. The number of carbonyl (C=O) groups excluding carboxylic acids is 1. The number of amides is 1. The Morgan fingerprint density at radius 1 is 1.19 bits per heavy atom. The number of hydrogen-bond acceptors (Lipinski definition) is 4. The van der Waals surface area contributed by atoms with Crippen LogP contribution in [0, 0.1) is 5.92 Å². The molecule has 4 rings (SSSR count). The van der Waals surface area contributed by atoms with Crippen molar-refractivity contribution >= 4 is 21.7 Å². The summed E-state index contributed by atoms with van der Waals surface area (Å²) in [6.07, 6.45) is 5.45. The first-order valence-corrected chi connectivity index (χ1v) is 11.2. The van der Waals surface area contributed by atoms with Gasteiger partial charge in [-0.2, -0.15) is 5.10 Å². The zero-order valence-electron chi connectivity index (χ0n) is 15.4. The van der Waals surface area contributed by atoms with Gasteiger partial charge in [-0.3, -0.25) is 4.79 Å². The topological polar surface area (TPSA) is 84.3 Å². The van der Waals surface area contributed by atoms with Crippen LogP contribution in [0.1, 0.15) is 30.5 Å². The largest absolute Gasteiger partial charge is 0.310 e. The molecule has 7 nitrogen and oxygen atoms in total. The quantitative estimate of drug-likeness (QED) is 0.868. The monoisotopic (exact) mass is 388 g/mol. The standard InChI is InChI=1S/C19H24N4O3S/c1-27(25,26)22-12-6-7-14(13-22)19(24)20-18-16-10-5-11-17(16)21-23(18)15-8-3-2-4-9-15/h2-4,8-9,14H,5-7,10-13H2,1H3,(H,20,24)/t14-/m0/s1. The van der Waals surface area contributed by atoms with Crippen molar-refractivity contribution < 1.29 is 13.2 Å². The first-order valence-electron chi connectivity index (χ1n) is 9.35. The second kappa shape index (κ2) is 7.09. The molecule has 0 saturated carbocycles. The number of aromatic nitrogens is 2. The fourth-order valence-electron chi connectivity index (χ4n) is 3.95. The zero-order chi connectivity index (χ0) is 19.0. The van der Waals surface area contributed by atoms with Crippen LogP contribution < -0.4 is 5.32 Å². The van der Waals surface area contributed by atoms with Crippen LogP contribution >= 0.6 is 0 Å². The van der Waals surface area contributed by atoms with Crippen LogP contribution in [0.15, 0.2) is 30.3 Å². The van der Waals surface area contributed by atoms with Gasteiger partial charge in [-0.25, -0.2) is 17.4 Å². The maximum absolute atomic E-state index is 12.9. The van der Waals surface area contributed by atoms with Crippen LogP contribution in [0.2, 0.25) is 0 Å². The normalized spacial score (nSPS) is 20.4. The van der Waals surface area contributed by atoms with E-state index in [1.807, 2.05) is 30.3 Å². The highest BCUT2D eigenvalue weighted by atomic mass is 32.2. The fraction of sp³-hybridized carbons (Fsp3) is 0.474. The lowest BCUT2D eigenvalue weighted by Gasteiger charge is -2.30. The van der Waals surface area contributed by atoms with E-state index in [2.05, 4.69) is 5.32 Å². The van der Waals surface area contributed by atoms with Crippen molar-refractivity contribution in [2.75, 3.05) is 24.7 Å². The van der Waals surface area contributed by atoms with E-state index in [4.69, 9.17) is 5.10 Å². The Hall–Kier alpha value is -2.19. The van der Waals surface area contributed by atoms with E-state index in [1.165, 1.54) is 10.6 Å². The summed E-state index contributed by atoms with van der Waals surface area (Å²) in [4.78, 5) is 12.9. The minimum absolute atomic E-state index is 0.130. The summed E-state index contributed by atoms with van der Waals surface area (Å²) in [6.45, 7) is 0.728. The molecule has 1 atom stereocenters. The van der Waals surface area contributed by atoms with Crippen molar-refractivity contribution in [3.05, 3.63) is 41.6 Å². The van der Waals surface area contributed by atoms with Crippen molar-refractivity contribution in [3.63, 3.8) is 0 Å². The molecule has 8 heteroatoms. The third-order valence-corrected chi connectivity index (χ3v) is 6.64. The summed E-state index contributed by atoms with van der Waals surface area (Å²) in [5, 5.41) is 7.78. The maximum atomic E-state index is 12.9. The molecule has 0 radical (unpaired) electrons. The van der Waals surface area contributed by atoms with Gasteiger partial charge in [0.05, 0.1) is 23.6 Å². The molecule has 1 saturated heterocycles. The average Bonchev–Trinajstić information content (AvgIpc) is 3.24. The lowest BCUT2D eigenvalue weighted by Crippen LogP contribution is -2.43. The minimum atomic E-state index is -3.28. The summed E-state index contributed by atoms with van der Waals surface area (Å²) in [6, 6.07) is 9.76. The van der Waals surface area contributed by atoms with Crippen LogP contribution in [-0.2, 0) is 27.7 Å². The highest BCUT2D eigenvalue weighted by Crippen LogP contribution is 2.31. The average molecular weight is 388 g/mol. The Kier molecular flexibility index (Phi) is 4.77. The van der Waals surface area contributed by atoms with Gasteiger partial charge in [-0.05, 0) is 44.2 Å². The van der Waals surface area contributed by atoms with Gasteiger partial charge in [-0.15, -0.1) is 0 Å². The Morgan fingerprint density at radius 2 is 1.96 bits per heavy atom. The van der Waals surface area contributed by atoms with Gasteiger partial charge in [0.2, 0.25) is 15.9 Å². The second-order valence-corrected chi connectivity index (χ2v) is 9.31. The van der Waals surface area contributed by atoms with E-state index in [1.54, 1.807) is 4.68 Å². The number of benzene rings is 1. The molecule has 1 aliphatic heterocycles. The number of para-hydroxylation sites is 1. The van der Waals surface area contributed by atoms with E-state index in [9.17, 15) is 13.2 Å². The molecule has 2 aliphatic rings. The van der Waals surface area contributed by atoms with Crippen LogP contribution in [0.5, 0.6) is 0 Å². The molecule has 0 spiro atoms. The number of nitrogens with zero attached hydrogens (tertiary/aromatic N) is 3. The third-order valence-electron chi connectivity index (χ3n) is 5.37. The maximum Gasteiger partial charge on any atom is 0.229 e. The smallest absolute Gasteiger partial charge is 0.229 e. The number of rotatable bonds is 4. The number of carbonyl (C=O) groups is 1. The second-order valence-electron chi connectivity index (χ2n) is 7.32. The van der Waals surface area contributed by atoms with Gasteiger partial charge in [0.15, 0.2) is 0 Å². The van der Waals surface area contributed by atoms with Crippen LogP contribution in [0.3, 0.4) is 0 Å². The zero-order valence-corrected chi connectivity index (χ0v) is 16.2. The molecule has 1 amide bonds.